The Morgan fingerprint density at radius 1 is 1.56 bits per heavy atom. The normalized spacial score (nSPS) is 13.1. The summed E-state index contributed by atoms with van der Waals surface area (Å²) in [5.41, 5.74) is 1.65. The number of aromatic nitrogens is 2. The smallest absolute Gasteiger partial charge is 0.0847 e. The number of hydrogen-bond donors (Lipinski definition) is 1. The van der Waals surface area contributed by atoms with E-state index in [4.69, 9.17) is 16.3 Å². The lowest BCUT2D eigenvalue weighted by atomic mass is 10.2. The summed E-state index contributed by atoms with van der Waals surface area (Å²) in [6, 6.07) is 0. The molecule has 0 aromatic carbocycles. The maximum absolute atomic E-state index is 9.76. The molecule has 1 rings (SSSR count). The van der Waals surface area contributed by atoms with Crippen molar-refractivity contribution in [2.45, 2.75) is 32.8 Å². The first-order valence-electron chi connectivity index (χ1n) is 5.50. The Bertz CT molecular complexity index is 339. The van der Waals surface area contributed by atoms with Gasteiger partial charge in [0.2, 0.25) is 0 Å². The van der Waals surface area contributed by atoms with E-state index in [-0.39, 0.29) is 0 Å². The average molecular weight is 247 g/mol. The van der Waals surface area contributed by atoms with E-state index in [2.05, 4.69) is 5.10 Å². The molecule has 0 radical (unpaired) electrons. The van der Waals surface area contributed by atoms with Gasteiger partial charge in [-0.05, 0) is 13.3 Å². The lowest BCUT2D eigenvalue weighted by Gasteiger charge is -2.11. The van der Waals surface area contributed by atoms with Crippen LogP contribution in [0.3, 0.4) is 0 Å². The van der Waals surface area contributed by atoms with Crippen molar-refractivity contribution in [3.8, 4) is 0 Å². The van der Waals surface area contributed by atoms with Crippen molar-refractivity contribution in [3.05, 3.63) is 16.4 Å². The van der Waals surface area contributed by atoms with Gasteiger partial charge >= 0.3 is 0 Å². The number of ether oxygens (including phenoxy) is 1. The zero-order valence-corrected chi connectivity index (χ0v) is 10.8. The topological polar surface area (TPSA) is 47.3 Å². The van der Waals surface area contributed by atoms with Crippen LogP contribution in [0.2, 0.25) is 5.02 Å². The van der Waals surface area contributed by atoms with Gasteiger partial charge in [-0.1, -0.05) is 18.5 Å². The molecule has 0 aliphatic heterocycles. The monoisotopic (exact) mass is 246 g/mol. The quantitative estimate of drug-likeness (QED) is 0.778. The maximum atomic E-state index is 9.76. The molecule has 0 aliphatic rings. The summed E-state index contributed by atoms with van der Waals surface area (Å²) in [7, 11) is 1.83. The molecule has 0 aliphatic carbocycles. The average Bonchev–Trinajstić information content (AvgIpc) is 2.46. The van der Waals surface area contributed by atoms with E-state index in [1.807, 2.05) is 20.9 Å². The fourth-order valence-electron chi connectivity index (χ4n) is 1.55. The number of aliphatic hydroxyl groups excluding tert-OH is 1. The third-order valence-corrected chi connectivity index (χ3v) is 2.84. The molecule has 1 aromatic rings. The van der Waals surface area contributed by atoms with Crippen molar-refractivity contribution in [2.24, 2.45) is 7.05 Å². The van der Waals surface area contributed by atoms with Gasteiger partial charge in [-0.15, -0.1) is 0 Å². The van der Waals surface area contributed by atoms with Crippen LogP contribution in [0.4, 0.5) is 0 Å². The summed E-state index contributed by atoms with van der Waals surface area (Å²) in [4.78, 5) is 0. The Kier molecular flexibility index (Phi) is 5.25. The Balaban J connectivity index is 2.52. The van der Waals surface area contributed by atoms with Crippen molar-refractivity contribution in [1.82, 2.24) is 9.78 Å². The van der Waals surface area contributed by atoms with Crippen LogP contribution in [0.25, 0.3) is 0 Å². The Hall–Kier alpha value is -0.580. The molecule has 5 heteroatoms. The zero-order valence-electron chi connectivity index (χ0n) is 10.0. The van der Waals surface area contributed by atoms with Crippen LogP contribution in [0.5, 0.6) is 0 Å². The van der Waals surface area contributed by atoms with Crippen LogP contribution in [0, 0.1) is 6.92 Å². The standard InChI is InChI=1S/C11H19ClN2O2/c1-4-5-16-7-9(15)6-10-11(12)8(2)13-14(10)3/h9,15H,4-7H2,1-3H3. The van der Waals surface area contributed by atoms with Crippen molar-refractivity contribution < 1.29 is 9.84 Å². The van der Waals surface area contributed by atoms with E-state index >= 15 is 0 Å². The number of hydrogen-bond acceptors (Lipinski definition) is 3. The molecule has 1 N–H and O–H groups in total. The molecular weight excluding hydrogens is 228 g/mol. The van der Waals surface area contributed by atoms with Crippen LogP contribution in [0.1, 0.15) is 24.7 Å². The molecule has 0 saturated heterocycles. The highest BCUT2D eigenvalue weighted by Crippen LogP contribution is 2.20. The molecule has 0 amide bonds. The van der Waals surface area contributed by atoms with Crippen LogP contribution < -0.4 is 0 Å². The molecule has 16 heavy (non-hydrogen) atoms. The van der Waals surface area contributed by atoms with Crippen LogP contribution >= 0.6 is 11.6 Å². The van der Waals surface area contributed by atoms with E-state index in [9.17, 15) is 5.11 Å². The Morgan fingerprint density at radius 3 is 2.75 bits per heavy atom. The molecule has 1 unspecified atom stereocenters. The zero-order chi connectivity index (χ0) is 12.1. The second-order valence-electron chi connectivity index (χ2n) is 3.90. The number of aryl methyl sites for hydroxylation is 2. The van der Waals surface area contributed by atoms with Crippen molar-refractivity contribution in [1.29, 1.82) is 0 Å². The third-order valence-electron chi connectivity index (χ3n) is 2.35. The summed E-state index contributed by atoms with van der Waals surface area (Å²) in [6.07, 6.45) is 0.900. The number of nitrogens with zero attached hydrogens (tertiary/aromatic N) is 2. The summed E-state index contributed by atoms with van der Waals surface area (Å²) in [5, 5.41) is 14.6. The SMILES string of the molecule is CCCOCC(O)Cc1c(Cl)c(C)nn1C. The molecular formula is C11H19ClN2O2. The van der Waals surface area contributed by atoms with Gasteiger partial charge in [-0.3, -0.25) is 4.68 Å². The Morgan fingerprint density at radius 2 is 2.25 bits per heavy atom. The minimum absolute atomic E-state index is 0.342. The number of halogens is 1. The van der Waals surface area contributed by atoms with E-state index < -0.39 is 6.10 Å². The van der Waals surface area contributed by atoms with Gasteiger partial charge in [0.25, 0.3) is 0 Å². The molecule has 0 spiro atoms. The maximum Gasteiger partial charge on any atom is 0.0847 e. The summed E-state index contributed by atoms with van der Waals surface area (Å²) in [6.45, 7) is 4.91. The summed E-state index contributed by atoms with van der Waals surface area (Å²) >= 11 is 6.08. The van der Waals surface area contributed by atoms with E-state index in [0.29, 0.717) is 24.7 Å². The number of rotatable bonds is 6. The fraction of sp³-hybridized carbons (Fsp3) is 0.727. The van der Waals surface area contributed by atoms with Gasteiger partial charge in [-0.25, -0.2) is 0 Å². The van der Waals surface area contributed by atoms with Gasteiger partial charge in [0.15, 0.2) is 0 Å². The lowest BCUT2D eigenvalue weighted by Crippen LogP contribution is -2.20. The molecule has 0 bridgehead atoms. The van der Waals surface area contributed by atoms with E-state index in [0.717, 1.165) is 17.8 Å². The second-order valence-corrected chi connectivity index (χ2v) is 4.28. The summed E-state index contributed by atoms with van der Waals surface area (Å²) < 4.78 is 6.99. The molecule has 92 valence electrons. The predicted octanol–water partition coefficient (Wildman–Crippen LogP) is 1.71. The molecule has 1 atom stereocenters. The van der Waals surface area contributed by atoms with Gasteiger partial charge in [0, 0.05) is 20.1 Å². The minimum Gasteiger partial charge on any atom is -0.390 e. The number of aliphatic hydroxyl groups is 1. The fourth-order valence-corrected chi connectivity index (χ4v) is 1.78. The largest absolute Gasteiger partial charge is 0.390 e. The first kappa shape index (κ1) is 13.5. The predicted molar refractivity (Wildman–Crippen MR) is 63.8 cm³/mol. The lowest BCUT2D eigenvalue weighted by molar-refractivity contribution is 0.0365. The first-order chi connectivity index (χ1) is 7.56. The van der Waals surface area contributed by atoms with E-state index in [1.54, 1.807) is 4.68 Å². The molecule has 4 nitrogen and oxygen atoms in total. The second kappa shape index (κ2) is 6.23. The Labute approximate surface area is 101 Å². The highest BCUT2D eigenvalue weighted by atomic mass is 35.5. The molecule has 0 fully saturated rings. The van der Waals surface area contributed by atoms with Gasteiger partial charge in [0.1, 0.15) is 0 Å². The van der Waals surface area contributed by atoms with Crippen molar-refractivity contribution >= 4 is 11.6 Å². The highest BCUT2D eigenvalue weighted by molar-refractivity contribution is 6.31. The van der Waals surface area contributed by atoms with Crippen LogP contribution in [-0.2, 0) is 18.2 Å². The van der Waals surface area contributed by atoms with Gasteiger partial charge in [-0.2, -0.15) is 5.10 Å². The molecule has 1 heterocycles. The highest BCUT2D eigenvalue weighted by Gasteiger charge is 2.15. The minimum atomic E-state index is -0.529. The molecule has 1 aromatic heterocycles. The van der Waals surface area contributed by atoms with Gasteiger partial charge < -0.3 is 9.84 Å². The van der Waals surface area contributed by atoms with Gasteiger partial charge in [0.05, 0.1) is 29.1 Å². The van der Waals surface area contributed by atoms with E-state index in [1.165, 1.54) is 0 Å². The van der Waals surface area contributed by atoms with Crippen molar-refractivity contribution in [2.75, 3.05) is 13.2 Å². The first-order valence-corrected chi connectivity index (χ1v) is 5.87. The summed E-state index contributed by atoms with van der Waals surface area (Å²) in [5.74, 6) is 0. The van der Waals surface area contributed by atoms with Crippen LogP contribution in [0.15, 0.2) is 0 Å². The van der Waals surface area contributed by atoms with Crippen molar-refractivity contribution in [3.63, 3.8) is 0 Å². The van der Waals surface area contributed by atoms with Crippen LogP contribution in [-0.4, -0.2) is 34.2 Å². The molecule has 0 saturated carbocycles. The third kappa shape index (κ3) is 3.47.